The Bertz CT molecular complexity index is 513. The second kappa shape index (κ2) is 16.0. The number of guanidine groups is 1. The number of rotatable bonds is 12. The zero-order chi connectivity index (χ0) is 18.3. The van der Waals surface area contributed by atoms with Crippen molar-refractivity contribution in [3.8, 4) is 11.5 Å². The molecule has 7 heteroatoms. The Hall–Kier alpha value is -1.22. The Balaban J connectivity index is 0.00000625. The first kappa shape index (κ1) is 24.8. The fourth-order valence-corrected chi connectivity index (χ4v) is 2.28. The minimum Gasteiger partial charge on any atom is -0.493 e. The quantitative estimate of drug-likeness (QED) is 0.208. The third-order valence-electron chi connectivity index (χ3n) is 3.50. The van der Waals surface area contributed by atoms with Gasteiger partial charge in [0, 0.05) is 26.3 Å². The highest BCUT2D eigenvalue weighted by atomic mass is 127. The van der Waals surface area contributed by atoms with Crippen LogP contribution in [-0.2, 0) is 11.3 Å². The van der Waals surface area contributed by atoms with Gasteiger partial charge in [-0.3, -0.25) is 0 Å². The average molecular weight is 479 g/mol. The first-order valence-electron chi connectivity index (χ1n) is 9.14. The molecule has 2 N–H and O–H groups in total. The van der Waals surface area contributed by atoms with Crippen molar-refractivity contribution in [2.75, 3.05) is 40.0 Å². The first-order chi connectivity index (χ1) is 12.2. The second-order valence-corrected chi connectivity index (χ2v) is 5.44. The number of aliphatic imine (C=N–C) groups is 1. The van der Waals surface area contributed by atoms with Crippen molar-refractivity contribution in [3.05, 3.63) is 23.8 Å². The molecule has 0 unspecified atom stereocenters. The van der Waals surface area contributed by atoms with E-state index in [-0.39, 0.29) is 24.0 Å². The van der Waals surface area contributed by atoms with E-state index in [9.17, 15) is 0 Å². The molecule has 0 radical (unpaired) electrons. The van der Waals surface area contributed by atoms with Crippen LogP contribution in [0.4, 0.5) is 0 Å². The highest BCUT2D eigenvalue weighted by Crippen LogP contribution is 2.28. The summed E-state index contributed by atoms with van der Waals surface area (Å²) in [5, 5.41) is 6.62. The van der Waals surface area contributed by atoms with Crippen molar-refractivity contribution in [3.63, 3.8) is 0 Å². The number of benzene rings is 1. The summed E-state index contributed by atoms with van der Waals surface area (Å²) in [6, 6.07) is 5.92. The molecule has 0 atom stereocenters. The average Bonchev–Trinajstić information content (AvgIpc) is 2.63. The molecule has 1 aromatic carbocycles. The molecular weight excluding hydrogens is 445 g/mol. The maximum absolute atomic E-state index is 5.54. The van der Waals surface area contributed by atoms with Gasteiger partial charge in [-0.2, -0.15) is 0 Å². The normalized spacial score (nSPS) is 10.8. The van der Waals surface area contributed by atoms with Gasteiger partial charge in [-0.15, -0.1) is 24.0 Å². The molecule has 0 fully saturated rings. The van der Waals surface area contributed by atoms with Gasteiger partial charge in [0.2, 0.25) is 0 Å². The van der Waals surface area contributed by atoms with Gasteiger partial charge in [0.1, 0.15) is 0 Å². The summed E-state index contributed by atoms with van der Waals surface area (Å²) in [6.45, 7) is 10.5. The monoisotopic (exact) mass is 479 g/mol. The molecule has 0 aliphatic heterocycles. The van der Waals surface area contributed by atoms with Crippen molar-refractivity contribution in [1.29, 1.82) is 0 Å². The van der Waals surface area contributed by atoms with Crippen LogP contribution in [0, 0.1) is 0 Å². The van der Waals surface area contributed by atoms with Crippen molar-refractivity contribution < 1.29 is 14.2 Å². The fraction of sp³-hybridized carbons (Fsp3) is 0.632. The molecule has 0 saturated heterocycles. The van der Waals surface area contributed by atoms with E-state index in [1.807, 2.05) is 32.0 Å². The highest BCUT2D eigenvalue weighted by Gasteiger charge is 2.05. The Morgan fingerprint density at radius 1 is 1.04 bits per heavy atom. The van der Waals surface area contributed by atoms with Crippen molar-refractivity contribution in [1.82, 2.24) is 10.6 Å². The number of unbranched alkanes of at least 4 members (excludes halogenated alkanes) is 1. The van der Waals surface area contributed by atoms with Crippen molar-refractivity contribution in [2.45, 2.75) is 40.2 Å². The van der Waals surface area contributed by atoms with Crippen LogP contribution in [0.1, 0.15) is 39.2 Å². The molecule has 0 aliphatic rings. The van der Waals surface area contributed by atoms with E-state index in [4.69, 9.17) is 14.2 Å². The minimum atomic E-state index is 0. The lowest BCUT2D eigenvalue weighted by Gasteiger charge is -2.12. The van der Waals surface area contributed by atoms with E-state index in [1.54, 1.807) is 7.11 Å². The van der Waals surface area contributed by atoms with Crippen LogP contribution in [0.3, 0.4) is 0 Å². The zero-order valence-corrected chi connectivity index (χ0v) is 18.8. The minimum absolute atomic E-state index is 0. The number of hydrogen-bond acceptors (Lipinski definition) is 4. The number of ether oxygens (including phenoxy) is 3. The van der Waals surface area contributed by atoms with Crippen LogP contribution in [0.5, 0.6) is 11.5 Å². The Labute approximate surface area is 175 Å². The zero-order valence-electron chi connectivity index (χ0n) is 16.5. The molecule has 150 valence electrons. The van der Waals surface area contributed by atoms with E-state index in [0.717, 1.165) is 62.2 Å². The van der Waals surface area contributed by atoms with Gasteiger partial charge in [-0.25, -0.2) is 4.99 Å². The van der Waals surface area contributed by atoms with Crippen LogP contribution in [0.15, 0.2) is 23.2 Å². The summed E-state index contributed by atoms with van der Waals surface area (Å²) < 4.78 is 16.3. The lowest BCUT2D eigenvalue weighted by atomic mass is 10.2. The van der Waals surface area contributed by atoms with Crippen LogP contribution in [0.25, 0.3) is 0 Å². The molecule has 0 spiro atoms. The maximum atomic E-state index is 5.54. The van der Waals surface area contributed by atoms with Gasteiger partial charge in [0.25, 0.3) is 0 Å². The number of nitrogens with zero attached hydrogens (tertiary/aromatic N) is 1. The SMILES string of the molecule is CCNC(=NCc1ccc(OCC)c(OC)c1)NCCCCOCC.I. The predicted octanol–water partition coefficient (Wildman–Crippen LogP) is 3.58. The van der Waals surface area contributed by atoms with Gasteiger partial charge in [-0.1, -0.05) is 6.07 Å². The number of methoxy groups -OCH3 is 1. The van der Waals surface area contributed by atoms with Gasteiger partial charge in [-0.05, 0) is 51.3 Å². The lowest BCUT2D eigenvalue weighted by molar-refractivity contribution is 0.143. The number of hydrogen-bond donors (Lipinski definition) is 2. The molecule has 1 aromatic rings. The van der Waals surface area contributed by atoms with E-state index >= 15 is 0 Å². The van der Waals surface area contributed by atoms with Crippen LogP contribution >= 0.6 is 24.0 Å². The third kappa shape index (κ3) is 10.1. The number of halogens is 1. The number of nitrogens with one attached hydrogen (secondary N) is 2. The summed E-state index contributed by atoms with van der Waals surface area (Å²) in [7, 11) is 1.65. The van der Waals surface area contributed by atoms with E-state index in [1.165, 1.54) is 0 Å². The standard InChI is InChI=1S/C19H33N3O3.HI/c1-5-20-19(21-12-8-9-13-24-6-2)22-15-16-10-11-17(25-7-3)18(14-16)23-4;/h10-11,14H,5-9,12-13,15H2,1-4H3,(H2,20,21,22);1H. The van der Waals surface area contributed by atoms with E-state index in [2.05, 4.69) is 22.5 Å². The topological polar surface area (TPSA) is 64.1 Å². The maximum Gasteiger partial charge on any atom is 0.191 e. The van der Waals surface area contributed by atoms with Gasteiger partial charge in [0.05, 0.1) is 20.3 Å². The molecule has 0 aliphatic carbocycles. The Morgan fingerprint density at radius 3 is 2.50 bits per heavy atom. The largest absolute Gasteiger partial charge is 0.493 e. The second-order valence-electron chi connectivity index (χ2n) is 5.44. The highest BCUT2D eigenvalue weighted by molar-refractivity contribution is 14.0. The molecule has 1 rings (SSSR count). The van der Waals surface area contributed by atoms with Gasteiger partial charge < -0.3 is 24.8 Å². The summed E-state index contributed by atoms with van der Waals surface area (Å²) in [5.74, 6) is 2.33. The van der Waals surface area contributed by atoms with Crippen molar-refractivity contribution >= 4 is 29.9 Å². The molecule has 0 heterocycles. The Kier molecular flexibility index (Phi) is 15.2. The molecule has 0 amide bonds. The molecule has 26 heavy (non-hydrogen) atoms. The summed E-state index contributed by atoms with van der Waals surface area (Å²) in [6.07, 6.45) is 2.11. The fourth-order valence-electron chi connectivity index (χ4n) is 2.28. The van der Waals surface area contributed by atoms with Crippen molar-refractivity contribution in [2.24, 2.45) is 4.99 Å². The predicted molar refractivity (Wildman–Crippen MR) is 118 cm³/mol. The van der Waals surface area contributed by atoms with Gasteiger partial charge in [0.15, 0.2) is 17.5 Å². The van der Waals surface area contributed by atoms with Crippen LogP contribution in [-0.4, -0.2) is 46.0 Å². The van der Waals surface area contributed by atoms with E-state index in [0.29, 0.717) is 13.2 Å². The van der Waals surface area contributed by atoms with Crippen LogP contribution in [0.2, 0.25) is 0 Å². The Morgan fingerprint density at radius 2 is 1.85 bits per heavy atom. The van der Waals surface area contributed by atoms with E-state index < -0.39 is 0 Å². The summed E-state index contributed by atoms with van der Waals surface area (Å²) in [5.41, 5.74) is 1.08. The molecule has 6 nitrogen and oxygen atoms in total. The smallest absolute Gasteiger partial charge is 0.191 e. The van der Waals surface area contributed by atoms with Crippen LogP contribution < -0.4 is 20.1 Å². The summed E-state index contributed by atoms with van der Waals surface area (Å²) >= 11 is 0. The molecule has 0 aromatic heterocycles. The first-order valence-corrected chi connectivity index (χ1v) is 9.14. The molecule has 0 saturated carbocycles. The summed E-state index contributed by atoms with van der Waals surface area (Å²) in [4.78, 5) is 4.64. The van der Waals surface area contributed by atoms with Gasteiger partial charge >= 0.3 is 0 Å². The third-order valence-corrected chi connectivity index (χ3v) is 3.50. The lowest BCUT2D eigenvalue weighted by Crippen LogP contribution is -2.37. The molecule has 0 bridgehead atoms. The molecular formula is C19H34IN3O3.